The topological polar surface area (TPSA) is 159 Å². The van der Waals surface area contributed by atoms with Crippen LogP contribution in [0.1, 0.15) is 17.5 Å². The Hall–Kier alpha value is -3.72. The maximum atomic E-state index is 12.9. The third-order valence-corrected chi connectivity index (χ3v) is 4.54. The average molecular weight is 427 g/mol. The van der Waals surface area contributed by atoms with Gasteiger partial charge in [-0.3, -0.25) is 14.4 Å². The first-order valence-electron chi connectivity index (χ1n) is 9.65. The summed E-state index contributed by atoms with van der Waals surface area (Å²) >= 11 is 0. The summed E-state index contributed by atoms with van der Waals surface area (Å²) in [7, 11) is 0. The summed E-state index contributed by atoms with van der Waals surface area (Å²) in [4.78, 5) is 47.7. The van der Waals surface area contributed by atoms with Crippen LogP contribution in [0, 0.1) is 0 Å². The smallest absolute Gasteiger partial charge is 0.326 e. The Balaban J connectivity index is 2.16. The zero-order chi connectivity index (χ0) is 22.8. The van der Waals surface area contributed by atoms with Gasteiger partial charge in [0.1, 0.15) is 12.1 Å². The Morgan fingerprint density at radius 1 is 0.742 bits per heavy atom. The maximum Gasteiger partial charge on any atom is 0.326 e. The minimum atomic E-state index is -1.34. The summed E-state index contributed by atoms with van der Waals surface area (Å²) < 4.78 is 0. The number of carboxylic acids is 2. The molecular formula is C22H25N3O6. The Kier molecular flexibility index (Phi) is 8.71. The number of hydrogen-bond donors (Lipinski definition) is 5. The average Bonchev–Trinajstić information content (AvgIpc) is 2.73. The van der Waals surface area contributed by atoms with Crippen LogP contribution in [0.15, 0.2) is 60.7 Å². The van der Waals surface area contributed by atoms with E-state index in [1.165, 1.54) is 0 Å². The second kappa shape index (κ2) is 11.5. The molecule has 6 N–H and O–H groups in total. The Morgan fingerprint density at radius 3 is 1.65 bits per heavy atom. The molecule has 2 amide bonds. The highest BCUT2D eigenvalue weighted by molar-refractivity contribution is 5.93. The molecule has 0 heterocycles. The quantitative estimate of drug-likeness (QED) is 0.345. The predicted octanol–water partition coefficient (Wildman–Crippen LogP) is 0.328. The molecule has 2 aromatic rings. The van der Waals surface area contributed by atoms with E-state index < -0.39 is 48.3 Å². The first kappa shape index (κ1) is 23.6. The molecule has 0 saturated carbocycles. The van der Waals surface area contributed by atoms with E-state index in [2.05, 4.69) is 10.6 Å². The number of carboxylic acid groups (broad SMARTS) is 2. The fraction of sp³-hybridized carbons (Fsp3) is 0.273. The SMILES string of the molecule is NC(CC(=O)O)C(=O)NC(Cc1ccccc1)C(=O)NC(Cc1ccccc1)C(=O)O. The lowest BCUT2D eigenvalue weighted by molar-refractivity contribution is -0.142. The standard InChI is InChI=1S/C22H25N3O6/c23-16(13-19(26)27)20(28)24-17(11-14-7-3-1-4-8-14)21(29)25-18(22(30)31)12-15-9-5-2-6-10-15/h1-10,16-18H,11-13,23H2,(H,24,28)(H,25,29)(H,26,27)(H,30,31). The minimum Gasteiger partial charge on any atom is -0.481 e. The maximum absolute atomic E-state index is 12.9. The van der Waals surface area contributed by atoms with E-state index in [0.717, 1.165) is 11.1 Å². The fourth-order valence-electron chi connectivity index (χ4n) is 2.94. The monoisotopic (exact) mass is 427 g/mol. The zero-order valence-electron chi connectivity index (χ0n) is 16.7. The third-order valence-electron chi connectivity index (χ3n) is 4.54. The number of carbonyl (C=O) groups excluding carboxylic acids is 2. The lowest BCUT2D eigenvalue weighted by Gasteiger charge is -2.23. The molecule has 2 rings (SSSR count). The second-order valence-corrected chi connectivity index (χ2v) is 7.04. The van der Waals surface area contributed by atoms with Crippen LogP contribution in [0.2, 0.25) is 0 Å². The molecule has 0 bridgehead atoms. The largest absolute Gasteiger partial charge is 0.481 e. The molecule has 3 unspecified atom stereocenters. The first-order valence-corrected chi connectivity index (χ1v) is 9.65. The van der Waals surface area contributed by atoms with Gasteiger partial charge in [-0.25, -0.2) is 4.79 Å². The van der Waals surface area contributed by atoms with Crippen LogP contribution in [-0.4, -0.2) is 52.1 Å². The number of nitrogens with one attached hydrogen (secondary N) is 2. The van der Waals surface area contributed by atoms with Gasteiger partial charge in [0.25, 0.3) is 0 Å². The number of aliphatic carboxylic acids is 2. The van der Waals surface area contributed by atoms with Gasteiger partial charge < -0.3 is 26.6 Å². The predicted molar refractivity (Wildman–Crippen MR) is 112 cm³/mol. The number of nitrogens with two attached hydrogens (primary N) is 1. The number of carbonyl (C=O) groups is 4. The van der Waals surface area contributed by atoms with E-state index in [0.29, 0.717) is 0 Å². The van der Waals surface area contributed by atoms with Crippen LogP contribution in [0.3, 0.4) is 0 Å². The van der Waals surface area contributed by atoms with Gasteiger partial charge in [0.2, 0.25) is 11.8 Å². The minimum absolute atomic E-state index is 0.0619. The van der Waals surface area contributed by atoms with Crippen molar-refractivity contribution in [3.63, 3.8) is 0 Å². The van der Waals surface area contributed by atoms with E-state index in [1.807, 2.05) is 0 Å². The Morgan fingerprint density at radius 2 is 1.19 bits per heavy atom. The molecule has 0 aromatic heterocycles. The van der Waals surface area contributed by atoms with Crippen molar-refractivity contribution in [2.45, 2.75) is 37.4 Å². The van der Waals surface area contributed by atoms with Crippen LogP contribution in [0.4, 0.5) is 0 Å². The number of rotatable bonds is 11. The van der Waals surface area contributed by atoms with Crippen molar-refractivity contribution in [2.75, 3.05) is 0 Å². The highest BCUT2D eigenvalue weighted by Crippen LogP contribution is 2.07. The van der Waals surface area contributed by atoms with Crippen molar-refractivity contribution in [3.05, 3.63) is 71.8 Å². The van der Waals surface area contributed by atoms with Crippen molar-refractivity contribution in [2.24, 2.45) is 5.73 Å². The molecule has 0 spiro atoms. The van der Waals surface area contributed by atoms with Crippen molar-refractivity contribution in [3.8, 4) is 0 Å². The first-order chi connectivity index (χ1) is 14.8. The van der Waals surface area contributed by atoms with E-state index in [9.17, 15) is 24.3 Å². The van der Waals surface area contributed by atoms with Crippen LogP contribution in [-0.2, 0) is 32.0 Å². The zero-order valence-corrected chi connectivity index (χ0v) is 16.7. The molecule has 0 aliphatic heterocycles. The fourth-order valence-corrected chi connectivity index (χ4v) is 2.94. The van der Waals surface area contributed by atoms with Gasteiger partial charge in [-0.2, -0.15) is 0 Å². The number of amides is 2. The molecule has 2 aromatic carbocycles. The highest BCUT2D eigenvalue weighted by Gasteiger charge is 2.29. The van der Waals surface area contributed by atoms with Gasteiger partial charge in [-0.05, 0) is 11.1 Å². The summed E-state index contributed by atoms with van der Waals surface area (Å²) in [5.74, 6) is -3.98. The molecular weight excluding hydrogens is 402 g/mol. The number of benzene rings is 2. The lowest BCUT2D eigenvalue weighted by Crippen LogP contribution is -2.55. The van der Waals surface area contributed by atoms with Gasteiger partial charge in [0, 0.05) is 12.8 Å². The molecule has 3 atom stereocenters. The molecule has 164 valence electrons. The van der Waals surface area contributed by atoms with E-state index in [4.69, 9.17) is 10.8 Å². The summed E-state index contributed by atoms with van der Waals surface area (Å²) in [6.07, 6.45) is -0.459. The van der Waals surface area contributed by atoms with Gasteiger partial charge in [-0.1, -0.05) is 60.7 Å². The Bertz CT molecular complexity index is 904. The second-order valence-electron chi connectivity index (χ2n) is 7.04. The van der Waals surface area contributed by atoms with Gasteiger partial charge >= 0.3 is 11.9 Å². The Labute approximate surface area is 179 Å². The van der Waals surface area contributed by atoms with Crippen LogP contribution >= 0.6 is 0 Å². The van der Waals surface area contributed by atoms with Crippen LogP contribution in [0.5, 0.6) is 0 Å². The molecule has 0 aliphatic rings. The summed E-state index contributed by atoms with van der Waals surface area (Å²) in [6, 6.07) is 13.9. The van der Waals surface area contributed by atoms with Crippen molar-refractivity contribution >= 4 is 23.8 Å². The molecule has 0 aliphatic carbocycles. The molecule has 9 nitrogen and oxygen atoms in total. The molecule has 0 saturated heterocycles. The van der Waals surface area contributed by atoms with Crippen LogP contribution in [0.25, 0.3) is 0 Å². The normalized spacial score (nSPS) is 13.5. The lowest BCUT2D eigenvalue weighted by atomic mass is 10.0. The van der Waals surface area contributed by atoms with Crippen molar-refractivity contribution in [1.29, 1.82) is 0 Å². The molecule has 0 radical (unpaired) electrons. The summed E-state index contributed by atoms with van der Waals surface area (Å²) in [6.45, 7) is 0. The molecule has 0 fully saturated rings. The molecule has 9 heteroatoms. The summed E-state index contributed by atoms with van der Waals surface area (Å²) in [5.41, 5.74) is 7.04. The summed E-state index contributed by atoms with van der Waals surface area (Å²) in [5, 5.41) is 23.3. The van der Waals surface area contributed by atoms with Crippen LogP contribution < -0.4 is 16.4 Å². The highest BCUT2D eigenvalue weighted by atomic mass is 16.4. The number of hydrogen-bond acceptors (Lipinski definition) is 5. The van der Waals surface area contributed by atoms with Gasteiger partial charge in [0.15, 0.2) is 0 Å². The van der Waals surface area contributed by atoms with E-state index >= 15 is 0 Å². The molecule has 31 heavy (non-hydrogen) atoms. The van der Waals surface area contributed by atoms with Gasteiger partial charge in [-0.15, -0.1) is 0 Å². The van der Waals surface area contributed by atoms with E-state index in [1.54, 1.807) is 60.7 Å². The van der Waals surface area contributed by atoms with Crippen molar-refractivity contribution in [1.82, 2.24) is 10.6 Å². The van der Waals surface area contributed by atoms with Crippen molar-refractivity contribution < 1.29 is 29.4 Å². The van der Waals surface area contributed by atoms with Gasteiger partial charge in [0.05, 0.1) is 12.5 Å². The van der Waals surface area contributed by atoms with E-state index in [-0.39, 0.29) is 12.8 Å². The third kappa shape index (κ3) is 7.90.